The summed E-state index contributed by atoms with van der Waals surface area (Å²) in [5.41, 5.74) is 2.30. The first kappa shape index (κ1) is 16.6. The van der Waals surface area contributed by atoms with Gasteiger partial charge in [-0.3, -0.25) is 4.79 Å². The molecule has 24 heavy (non-hydrogen) atoms. The number of hydrogen-bond acceptors (Lipinski definition) is 3. The van der Waals surface area contributed by atoms with Crippen LogP contribution in [0.25, 0.3) is 0 Å². The highest BCUT2D eigenvalue weighted by Crippen LogP contribution is 2.23. The minimum absolute atomic E-state index is 0.0235. The lowest BCUT2D eigenvalue weighted by Gasteiger charge is -2.27. The van der Waals surface area contributed by atoms with Gasteiger partial charge in [-0.25, -0.2) is 4.79 Å². The van der Waals surface area contributed by atoms with Gasteiger partial charge in [-0.15, -0.1) is 0 Å². The fourth-order valence-corrected chi connectivity index (χ4v) is 3.38. The summed E-state index contributed by atoms with van der Waals surface area (Å²) in [7, 11) is 2.04. The van der Waals surface area contributed by atoms with Crippen LogP contribution in [-0.4, -0.2) is 61.5 Å². The monoisotopic (exact) mass is 330 g/mol. The number of anilines is 1. The van der Waals surface area contributed by atoms with Gasteiger partial charge in [0.15, 0.2) is 0 Å². The summed E-state index contributed by atoms with van der Waals surface area (Å²) in [6.07, 6.45) is 3.32. The average Bonchev–Trinajstić information content (AvgIpc) is 2.80. The maximum Gasteiger partial charge on any atom is 0.318 e. The summed E-state index contributed by atoms with van der Waals surface area (Å²) in [6.45, 7) is 3.73. The highest BCUT2D eigenvalue weighted by molar-refractivity contribution is 5.84. The SMILES string of the molecule is CN1CCN(C(=O)NCC(=O)N2CCCCC2)Cc2ccccc21. The second kappa shape index (κ2) is 7.55. The summed E-state index contributed by atoms with van der Waals surface area (Å²) in [5.74, 6) is 0.0235. The van der Waals surface area contributed by atoms with E-state index in [9.17, 15) is 9.59 Å². The quantitative estimate of drug-likeness (QED) is 0.897. The van der Waals surface area contributed by atoms with E-state index >= 15 is 0 Å². The summed E-state index contributed by atoms with van der Waals surface area (Å²) in [6, 6.07) is 7.98. The van der Waals surface area contributed by atoms with Crippen LogP contribution >= 0.6 is 0 Å². The molecule has 3 rings (SSSR count). The molecule has 2 aliphatic heterocycles. The molecule has 0 saturated carbocycles. The standard InChI is InChI=1S/C18H26N4O2/c1-20-11-12-22(14-15-7-3-4-8-16(15)20)18(24)19-13-17(23)21-9-5-2-6-10-21/h3-4,7-8H,2,5-6,9-14H2,1H3,(H,19,24). The van der Waals surface area contributed by atoms with E-state index in [-0.39, 0.29) is 18.5 Å². The van der Waals surface area contributed by atoms with Gasteiger partial charge < -0.3 is 20.0 Å². The second-order valence-electron chi connectivity index (χ2n) is 6.57. The number of hydrogen-bond donors (Lipinski definition) is 1. The number of benzene rings is 1. The lowest BCUT2D eigenvalue weighted by molar-refractivity contribution is -0.130. The van der Waals surface area contributed by atoms with Gasteiger partial charge in [-0.05, 0) is 30.9 Å². The van der Waals surface area contributed by atoms with Crippen LogP contribution < -0.4 is 10.2 Å². The highest BCUT2D eigenvalue weighted by Gasteiger charge is 2.22. The Bertz CT molecular complexity index is 598. The second-order valence-corrected chi connectivity index (χ2v) is 6.57. The van der Waals surface area contributed by atoms with Gasteiger partial charge in [-0.2, -0.15) is 0 Å². The number of para-hydroxylation sites is 1. The Morgan fingerprint density at radius 2 is 1.75 bits per heavy atom. The number of piperidine rings is 1. The smallest absolute Gasteiger partial charge is 0.318 e. The number of nitrogens with zero attached hydrogens (tertiary/aromatic N) is 3. The van der Waals surface area contributed by atoms with Crippen molar-refractivity contribution >= 4 is 17.6 Å². The maximum absolute atomic E-state index is 12.5. The van der Waals surface area contributed by atoms with Crippen LogP contribution in [0.1, 0.15) is 24.8 Å². The molecule has 1 aromatic carbocycles. The molecule has 2 heterocycles. The van der Waals surface area contributed by atoms with E-state index in [4.69, 9.17) is 0 Å². The van der Waals surface area contributed by atoms with E-state index in [1.807, 2.05) is 24.1 Å². The molecule has 1 saturated heterocycles. The lowest BCUT2D eigenvalue weighted by atomic mass is 10.1. The Hall–Kier alpha value is -2.24. The normalized spacial score (nSPS) is 18.0. The molecule has 2 aliphatic rings. The molecular formula is C18H26N4O2. The third-order valence-corrected chi connectivity index (χ3v) is 4.86. The number of rotatable bonds is 2. The number of likely N-dealkylation sites (N-methyl/N-ethyl adjacent to an activating group) is 1. The topological polar surface area (TPSA) is 55.9 Å². The van der Waals surface area contributed by atoms with Gasteiger partial charge in [-0.1, -0.05) is 18.2 Å². The van der Waals surface area contributed by atoms with Crippen molar-refractivity contribution in [2.24, 2.45) is 0 Å². The van der Waals surface area contributed by atoms with Crippen molar-refractivity contribution in [1.29, 1.82) is 0 Å². The van der Waals surface area contributed by atoms with E-state index in [0.717, 1.165) is 43.7 Å². The molecule has 0 aliphatic carbocycles. The fraction of sp³-hybridized carbons (Fsp3) is 0.556. The van der Waals surface area contributed by atoms with Crippen molar-refractivity contribution in [3.8, 4) is 0 Å². The summed E-state index contributed by atoms with van der Waals surface area (Å²) < 4.78 is 0. The van der Waals surface area contributed by atoms with Crippen LogP contribution in [0.2, 0.25) is 0 Å². The third-order valence-electron chi connectivity index (χ3n) is 4.86. The summed E-state index contributed by atoms with van der Waals surface area (Å²) in [4.78, 5) is 30.5. The first-order valence-corrected chi connectivity index (χ1v) is 8.75. The van der Waals surface area contributed by atoms with Gasteiger partial charge in [0.2, 0.25) is 5.91 Å². The Morgan fingerprint density at radius 3 is 2.54 bits per heavy atom. The molecule has 1 N–H and O–H groups in total. The van der Waals surface area contributed by atoms with Gasteiger partial charge in [0, 0.05) is 45.5 Å². The molecule has 6 heteroatoms. The predicted molar refractivity (Wildman–Crippen MR) is 94.0 cm³/mol. The Balaban J connectivity index is 1.56. The zero-order valence-corrected chi connectivity index (χ0v) is 14.3. The third kappa shape index (κ3) is 3.80. The van der Waals surface area contributed by atoms with Gasteiger partial charge in [0.25, 0.3) is 0 Å². The Labute approximate surface area is 143 Å². The number of likely N-dealkylation sites (tertiary alicyclic amines) is 1. The minimum Gasteiger partial charge on any atom is -0.373 e. The van der Waals surface area contributed by atoms with Crippen molar-refractivity contribution < 1.29 is 9.59 Å². The number of carbonyl (C=O) groups excluding carboxylic acids is 2. The number of carbonyl (C=O) groups is 2. The van der Waals surface area contributed by atoms with Crippen LogP contribution in [-0.2, 0) is 11.3 Å². The van der Waals surface area contributed by atoms with Crippen molar-refractivity contribution in [2.75, 3.05) is 44.7 Å². The van der Waals surface area contributed by atoms with Gasteiger partial charge >= 0.3 is 6.03 Å². The molecule has 1 aromatic rings. The van der Waals surface area contributed by atoms with Crippen LogP contribution in [0.5, 0.6) is 0 Å². The molecule has 0 atom stereocenters. The molecule has 0 radical (unpaired) electrons. The zero-order chi connectivity index (χ0) is 16.9. The predicted octanol–water partition coefficient (Wildman–Crippen LogP) is 1.66. The molecule has 0 spiro atoms. The largest absolute Gasteiger partial charge is 0.373 e. The molecule has 6 nitrogen and oxygen atoms in total. The van der Waals surface area contributed by atoms with E-state index in [2.05, 4.69) is 22.3 Å². The first-order chi connectivity index (χ1) is 11.6. The van der Waals surface area contributed by atoms with E-state index in [1.165, 1.54) is 6.42 Å². The molecule has 0 bridgehead atoms. The number of amides is 3. The van der Waals surface area contributed by atoms with E-state index < -0.39 is 0 Å². The van der Waals surface area contributed by atoms with Gasteiger partial charge in [0.05, 0.1) is 6.54 Å². The minimum atomic E-state index is -0.162. The van der Waals surface area contributed by atoms with E-state index in [0.29, 0.717) is 13.1 Å². The lowest BCUT2D eigenvalue weighted by Crippen LogP contribution is -2.47. The molecular weight excluding hydrogens is 304 g/mol. The summed E-state index contributed by atoms with van der Waals surface area (Å²) in [5, 5.41) is 2.80. The highest BCUT2D eigenvalue weighted by atomic mass is 16.2. The number of fused-ring (bicyclic) bond motifs is 1. The van der Waals surface area contributed by atoms with Gasteiger partial charge in [0.1, 0.15) is 0 Å². The van der Waals surface area contributed by atoms with Crippen LogP contribution in [0.4, 0.5) is 10.5 Å². The summed E-state index contributed by atoms with van der Waals surface area (Å²) >= 11 is 0. The average molecular weight is 330 g/mol. The molecule has 0 unspecified atom stereocenters. The van der Waals surface area contributed by atoms with Crippen LogP contribution in [0, 0.1) is 0 Å². The number of nitrogens with one attached hydrogen (secondary N) is 1. The van der Waals surface area contributed by atoms with Crippen molar-refractivity contribution in [3.63, 3.8) is 0 Å². The van der Waals surface area contributed by atoms with Crippen LogP contribution in [0.15, 0.2) is 24.3 Å². The fourth-order valence-electron chi connectivity index (χ4n) is 3.38. The first-order valence-electron chi connectivity index (χ1n) is 8.75. The molecule has 130 valence electrons. The van der Waals surface area contributed by atoms with Crippen LogP contribution in [0.3, 0.4) is 0 Å². The zero-order valence-electron chi connectivity index (χ0n) is 14.3. The Kier molecular flexibility index (Phi) is 5.23. The van der Waals surface area contributed by atoms with E-state index in [1.54, 1.807) is 4.90 Å². The Morgan fingerprint density at radius 1 is 1.00 bits per heavy atom. The molecule has 3 amide bonds. The van der Waals surface area contributed by atoms with Crippen molar-refractivity contribution in [1.82, 2.24) is 15.1 Å². The van der Waals surface area contributed by atoms with Crippen molar-refractivity contribution in [2.45, 2.75) is 25.8 Å². The maximum atomic E-state index is 12.5. The van der Waals surface area contributed by atoms with Crippen molar-refractivity contribution in [3.05, 3.63) is 29.8 Å². The molecule has 0 aromatic heterocycles. The molecule has 1 fully saturated rings. The number of urea groups is 1.